The second-order valence-electron chi connectivity index (χ2n) is 12.5. The summed E-state index contributed by atoms with van der Waals surface area (Å²) in [5, 5.41) is 27.4. The van der Waals surface area contributed by atoms with Crippen LogP contribution in [0.2, 0.25) is 0 Å². The van der Waals surface area contributed by atoms with Gasteiger partial charge in [0.2, 0.25) is 0 Å². The van der Waals surface area contributed by atoms with Crippen molar-refractivity contribution in [3.63, 3.8) is 0 Å². The van der Waals surface area contributed by atoms with Crippen molar-refractivity contribution in [1.29, 1.82) is 0 Å². The zero-order valence-electron chi connectivity index (χ0n) is 29.6. The van der Waals surface area contributed by atoms with Gasteiger partial charge in [-0.2, -0.15) is 0 Å². The van der Waals surface area contributed by atoms with E-state index < -0.39 is 5.97 Å². The van der Waals surface area contributed by atoms with E-state index in [1.807, 2.05) is 0 Å². The van der Waals surface area contributed by atoms with Crippen molar-refractivity contribution in [3.05, 3.63) is 0 Å². The van der Waals surface area contributed by atoms with Gasteiger partial charge in [-0.15, -0.1) is 0 Å². The number of hydroxylamine groups is 2. The predicted molar refractivity (Wildman–Crippen MR) is 186 cm³/mol. The van der Waals surface area contributed by atoms with E-state index in [0.29, 0.717) is 13.0 Å². The molecule has 0 unspecified atom stereocenters. The highest BCUT2D eigenvalue weighted by molar-refractivity contribution is 5.66. The van der Waals surface area contributed by atoms with Gasteiger partial charge in [0.1, 0.15) is 0 Å². The quantitative estimate of drug-likeness (QED) is 0.0467. The minimum absolute atomic E-state index is 0.0302. The van der Waals surface area contributed by atoms with Crippen LogP contribution in [0.5, 0.6) is 0 Å². The van der Waals surface area contributed by atoms with Crippen LogP contribution in [-0.2, 0) is 14.5 Å². The number of rotatable bonds is 36. The number of aliphatic carboxylic acids is 1. The van der Waals surface area contributed by atoms with Crippen LogP contribution < -0.4 is 0 Å². The Morgan fingerprint density at radius 2 is 0.727 bits per heavy atom. The molecule has 0 aliphatic rings. The van der Waals surface area contributed by atoms with Gasteiger partial charge in [0.15, 0.2) is 0 Å². The molecule has 266 valence electrons. The fourth-order valence-corrected chi connectivity index (χ4v) is 5.36. The fourth-order valence-electron chi connectivity index (χ4n) is 5.36. The maximum absolute atomic E-state index is 10.3. The predicted octanol–water partition coefficient (Wildman–Crippen LogP) is 10.6. The van der Waals surface area contributed by atoms with E-state index in [9.17, 15) is 4.79 Å². The third-order valence-electron chi connectivity index (χ3n) is 8.09. The van der Waals surface area contributed by atoms with Gasteiger partial charge >= 0.3 is 5.97 Å². The van der Waals surface area contributed by atoms with Crippen molar-refractivity contribution in [2.45, 2.75) is 200 Å². The first-order valence-electron chi connectivity index (χ1n) is 19.1. The summed E-state index contributed by atoms with van der Waals surface area (Å²) in [6.45, 7) is 5.61. The lowest BCUT2D eigenvalue weighted by molar-refractivity contribution is -0.371. The summed E-state index contributed by atoms with van der Waals surface area (Å²) < 4.78 is 0. The van der Waals surface area contributed by atoms with Crippen molar-refractivity contribution in [1.82, 2.24) is 5.23 Å². The Bertz CT molecular complexity index is 514. The molecular formula is C37H77NO6. The van der Waals surface area contributed by atoms with Crippen molar-refractivity contribution in [2.75, 3.05) is 33.0 Å². The number of hydrogen-bond donors (Lipinski definition) is 3. The number of carboxylic acids is 1. The normalized spacial score (nSPS) is 11.2. The molecule has 0 aromatic heterocycles. The van der Waals surface area contributed by atoms with Gasteiger partial charge in [0, 0.05) is 6.42 Å². The third kappa shape index (κ3) is 43.4. The van der Waals surface area contributed by atoms with Crippen molar-refractivity contribution >= 4 is 5.97 Å². The van der Waals surface area contributed by atoms with E-state index >= 15 is 0 Å². The molecule has 0 aliphatic carbocycles. The summed E-state index contributed by atoms with van der Waals surface area (Å²) in [5.74, 6) is -0.653. The third-order valence-corrected chi connectivity index (χ3v) is 8.09. The molecule has 0 bridgehead atoms. The molecule has 7 nitrogen and oxygen atoms in total. The molecule has 0 rings (SSSR count). The Kier molecular flexibility index (Phi) is 43.6. The van der Waals surface area contributed by atoms with Gasteiger partial charge in [0.25, 0.3) is 0 Å². The lowest BCUT2D eigenvalue weighted by Gasteiger charge is -2.20. The summed E-state index contributed by atoms with van der Waals surface area (Å²) in [6, 6.07) is 0. The summed E-state index contributed by atoms with van der Waals surface area (Å²) in [4.78, 5) is 20.8. The lowest BCUT2D eigenvalue weighted by Crippen LogP contribution is -2.28. The molecule has 0 spiro atoms. The number of hydrogen-bond acceptors (Lipinski definition) is 6. The number of carbonyl (C=O) groups is 1. The van der Waals surface area contributed by atoms with E-state index in [2.05, 4.69) is 13.8 Å². The smallest absolute Gasteiger partial charge is 0.303 e. The minimum Gasteiger partial charge on any atom is -0.481 e. The number of nitrogens with zero attached hydrogens (tertiary/aromatic N) is 1. The van der Waals surface area contributed by atoms with Gasteiger partial charge in [0.05, 0.1) is 33.0 Å². The SMILES string of the molecule is CCCCCCCCCCCCCCCCCC(=O)O.CCCCCCCCCCCCCCCN(OCCO)OCCO. The Balaban J connectivity index is 0. The molecule has 0 aromatic carbocycles. The highest BCUT2D eigenvalue weighted by atomic mass is 16.9. The van der Waals surface area contributed by atoms with Gasteiger partial charge in [-0.1, -0.05) is 186 Å². The molecule has 0 fully saturated rings. The molecule has 7 heteroatoms. The first-order valence-corrected chi connectivity index (χ1v) is 19.1. The first-order chi connectivity index (χ1) is 21.6. The van der Waals surface area contributed by atoms with Crippen LogP contribution in [0.15, 0.2) is 0 Å². The zero-order chi connectivity index (χ0) is 32.6. The largest absolute Gasteiger partial charge is 0.481 e. The Labute approximate surface area is 273 Å². The standard InChI is InChI=1S/C19H41NO4.C18H36O2/c1-2-3-4-5-6-7-8-9-10-11-12-13-14-15-20(23-18-16-21)24-19-17-22;1-2-3-4-5-6-7-8-9-10-11-12-13-14-15-16-17-18(19)20/h21-22H,2-19H2,1H3;2-17H2,1H3,(H,19,20). The Morgan fingerprint density at radius 3 is 1.00 bits per heavy atom. The van der Waals surface area contributed by atoms with E-state index in [1.54, 1.807) is 0 Å². The molecule has 0 radical (unpaired) electrons. The van der Waals surface area contributed by atoms with E-state index in [1.165, 1.54) is 166 Å². The van der Waals surface area contributed by atoms with Gasteiger partial charge < -0.3 is 15.3 Å². The summed E-state index contributed by atoms with van der Waals surface area (Å²) in [7, 11) is 0. The van der Waals surface area contributed by atoms with E-state index in [0.717, 1.165) is 19.3 Å². The number of unbranched alkanes of at least 4 members (excludes halogenated alkanes) is 26. The Morgan fingerprint density at radius 1 is 0.455 bits per heavy atom. The average molecular weight is 632 g/mol. The maximum Gasteiger partial charge on any atom is 0.303 e. The summed E-state index contributed by atoms with van der Waals surface area (Å²) in [5.41, 5.74) is 0. The topological polar surface area (TPSA) is 99.5 Å². The zero-order valence-corrected chi connectivity index (χ0v) is 29.6. The van der Waals surface area contributed by atoms with Crippen LogP contribution in [0.25, 0.3) is 0 Å². The molecule has 44 heavy (non-hydrogen) atoms. The molecule has 0 saturated heterocycles. The van der Waals surface area contributed by atoms with Crippen LogP contribution in [0, 0.1) is 0 Å². The Hall–Kier alpha value is -0.730. The minimum atomic E-state index is -0.653. The van der Waals surface area contributed by atoms with Crippen LogP contribution in [0.1, 0.15) is 200 Å². The van der Waals surface area contributed by atoms with Crippen molar-refractivity contribution in [3.8, 4) is 0 Å². The molecule has 0 saturated carbocycles. The molecular weight excluding hydrogens is 554 g/mol. The number of carboxylic acid groups (broad SMARTS) is 1. The molecule has 3 N–H and O–H groups in total. The molecule has 0 atom stereocenters. The fraction of sp³-hybridized carbons (Fsp3) is 0.973. The molecule has 0 aliphatic heterocycles. The maximum atomic E-state index is 10.3. The monoisotopic (exact) mass is 632 g/mol. The van der Waals surface area contributed by atoms with Crippen molar-refractivity contribution in [2.24, 2.45) is 0 Å². The second kappa shape index (κ2) is 42.3. The van der Waals surface area contributed by atoms with E-state index in [4.69, 9.17) is 25.0 Å². The highest BCUT2D eigenvalue weighted by Crippen LogP contribution is 2.14. The van der Waals surface area contributed by atoms with Gasteiger partial charge in [-0.25, -0.2) is 0 Å². The number of aliphatic hydroxyl groups excluding tert-OH is 2. The van der Waals surface area contributed by atoms with E-state index in [-0.39, 0.29) is 26.4 Å². The van der Waals surface area contributed by atoms with Crippen molar-refractivity contribution < 1.29 is 29.8 Å². The average Bonchev–Trinajstić information content (AvgIpc) is 3.02. The van der Waals surface area contributed by atoms with Crippen LogP contribution in [0.4, 0.5) is 0 Å². The first kappa shape index (κ1) is 45.4. The van der Waals surface area contributed by atoms with Gasteiger partial charge in [-0.05, 0) is 12.8 Å². The second-order valence-corrected chi connectivity index (χ2v) is 12.5. The summed E-state index contributed by atoms with van der Waals surface area (Å²) in [6.07, 6.45) is 37.4. The number of aliphatic hydroxyl groups is 2. The molecule has 0 amide bonds. The summed E-state index contributed by atoms with van der Waals surface area (Å²) >= 11 is 0. The van der Waals surface area contributed by atoms with Crippen LogP contribution in [-0.4, -0.2) is 59.5 Å². The molecule has 0 aromatic rings. The lowest BCUT2D eigenvalue weighted by atomic mass is 10.0. The van der Waals surface area contributed by atoms with Gasteiger partial charge in [-0.3, -0.25) is 14.5 Å². The highest BCUT2D eigenvalue weighted by Gasteiger charge is 2.05. The van der Waals surface area contributed by atoms with Crippen LogP contribution in [0.3, 0.4) is 0 Å². The van der Waals surface area contributed by atoms with Crippen LogP contribution >= 0.6 is 0 Å². The molecule has 0 heterocycles.